The number of nitrogens with one attached hydrogen (secondary N) is 1. The topological polar surface area (TPSA) is 58.4 Å². The van der Waals surface area contributed by atoms with Gasteiger partial charge in [-0.3, -0.25) is 9.69 Å². The molecular formula is C18H25N3O2. The summed E-state index contributed by atoms with van der Waals surface area (Å²) < 4.78 is 4.95. The summed E-state index contributed by atoms with van der Waals surface area (Å²) >= 11 is 0. The van der Waals surface area contributed by atoms with Gasteiger partial charge >= 0.3 is 0 Å². The monoisotopic (exact) mass is 315 g/mol. The third kappa shape index (κ3) is 5.53. The maximum absolute atomic E-state index is 12.1. The van der Waals surface area contributed by atoms with Gasteiger partial charge in [0.1, 0.15) is 5.76 Å². The zero-order valence-electron chi connectivity index (χ0n) is 14.3. The number of carbonyl (C=O) groups is 1. The van der Waals surface area contributed by atoms with Crippen molar-refractivity contribution in [2.24, 2.45) is 0 Å². The fourth-order valence-corrected chi connectivity index (χ4v) is 2.32. The largest absolute Gasteiger partial charge is 0.360 e. The van der Waals surface area contributed by atoms with E-state index in [4.69, 9.17) is 4.52 Å². The molecule has 1 amide bonds. The molecule has 1 N–H and O–H groups in total. The fraction of sp³-hybridized carbons (Fsp3) is 0.444. The zero-order chi connectivity index (χ0) is 16.9. The molecular weight excluding hydrogens is 290 g/mol. The lowest BCUT2D eigenvalue weighted by Crippen LogP contribution is -2.42. The van der Waals surface area contributed by atoms with E-state index in [0.717, 1.165) is 6.54 Å². The first-order chi connectivity index (χ1) is 10.8. The number of aryl methyl sites for hydroxylation is 1. The van der Waals surface area contributed by atoms with Crippen molar-refractivity contribution >= 4 is 11.7 Å². The minimum atomic E-state index is -0.0550. The molecule has 0 saturated heterocycles. The summed E-state index contributed by atoms with van der Waals surface area (Å²) in [5, 5.41) is 6.54. The molecule has 2 rings (SSSR count). The van der Waals surface area contributed by atoms with Gasteiger partial charge in [0, 0.05) is 31.1 Å². The molecule has 0 unspecified atom stereocenters. The molecule has 0 bridgehead atoms. The molecule has 23 heavy (non-hydrogen) atoms. The van der Waals surface area contributed by atoms with Crippen LogP contribution in [0.3, 0.4) is 0 Å². The molecule has 0 atom stereocenters. The van der Waals surface area contributed by atoms with Crippen LogP contribution >= 0.6 is 0 Å². The van der Waals surface area contributed by atoms with Gasteiger partial charge in [0.25, 0.3) is 0 Å². The van der Waals surface area contributed by atoms with E-state index < -0.39 is 0 Å². The van der Waals surface area contributed by atoms with Crippen molar-refractivity contribution in [1.82, 2.24) is 10.1 Å². The van der Waals surface area contributed by atoms with E-state index in [-0.39, 0.29) is 11.4 Å². The molecule has 5 heteroatoms. The van der Waals surface area contributed by atoms with Crippen molar-refractivity contribution in [2.45, 2.75) is 46.2 Å². The van der Waals surface area contributed by atoms with Gasteiger partial charge < -0.3 is 9.84 Å². The van der Waals surface area contributed by atoms with Crippen LogP contribution in [0, 0.1) is 6.92 Å². The maximum atomic E-state index is 12.1. The lowest BCUT2D eigenvalue weighted by Gasteiger charge is -2.35. The Morgan fingerprint density at radius 3 is 2.52 bits per heavy atom. The Kier molecular flexibility index (Phi) is 5.55. The SMILES string of the molecule is Cc1cc(NC(=O)CCN(Cc2ccccc2)C(C)(C)C)no1. The summed E-state index contributed by atoms with van der Waals surface area (Å²) in [6.07, 6.45) is 0.413. The van der Waals surface area contributed by atoms with E-state index in [2.05, 4.69) is 48.3 Å². The molecule has 0 spiro atoms. The van der Waals surface area contributed by atoms with Crippen molar-refractivity contribution in [3.63, 3.8) is 0 Å². The average molecular weight is 315 g/mol. The van der Waals surface area contributed by atoms with E-state index in [1.54, 1.807) is 13.0 Å². The highest BCUT2D eigenvalue weighted by Gasteiger charge is 2.22. The normalized spacial score (nSPS) is 11.7. The molecule has 0 aliphatic rings. The Balaban J connectivity index is 1.91. The van der Waals surface area contributed by atoms with Crippen LogP contribution in [-0.2, 0) is 11.3 Å². The van der Waals surface area contributed by atoms with Gasteiger partial charge in [-0.2, -0.15) is 0 Å². The summed E-state index contributed by atoms with van der Waals surface area (Å²) in [4.78, 5) is 14.4. The van der Waals surface area contributed by atoms with E-state index in [9.17, 15) is 4.79 Å². The summed E-state index contributed by atoms with van der Waals surface area (Å²) in [5.41, 5.74) is 1.23. The fourth-order valence-electron chi connectivity index (χ4n) is 2.32. The average Bonchev–Trinajstić information content (AvgIpc) is 2.88. The molecule has 2 aromatic rings. The smallest absolute Gasteiger partial charge is 0.226 e. The van der Waals surface area contributed by atoms with Gasteiger partial charge in [-0.15, -0.1) is 0 Å². The Labute approximate surface area is 137 Å². The Hall–Kier alpha value is -2.14. The standard InChI is InChI=1S/C18H25N3O2/c1-14-12-16(20-23-14)19-17(22)10-11-21(18(2,3)4)13-15-8-6-5-7-9-15/h5-9,12H,10-11,13H2,1-4H3,(H,19,20,22). The van der Waals surface area contributed by atoms with Crippen molar-refractivity contribution in [3.8, 4) is 0 Å². The predicted molar refractivity (Wildman–Crippen MR) is 91.1 cm³/mol. The highest BCUT2D eigenvalue weighted by Crippen LogP contribution is 2.18. The molecule has 0 aliphatic carbocycles. The summed E-state index contributed by atoms with van der Waals surface area (Å²) in [7, 11) is 0. The second kappa shape index (κ2) is 7.42. The highest BCUT2D eigenvalue weighted by molar-refractivity contribution is 5.89. The van der Waals surface area contributed by atoms with Crippen LogP contribution in [0.25, 0.3) is 0 Å². The van der Waals surface area contributed by atoms with Crippen LogP contribution < -0.4 is 5.32 Å². The van der Waals surface area contributed by atoms with Gasteiger partial charge in [0.2, 0.25) is 5.91 Å². The van der Waals surface area contributed by atoms with Crippen molar-refractivity contribution in [1.29, 1.82) is 0 Å². The minimum Gasteiger partial charge on any atom is -0.360 e. The number of anilines is 1. The number of hydrogen-bond acceptors (Lipinski definition) is 4. The number of hydrogen-bond donors (Lipinski definition) is 1. The number of nitrogens with zero attached hydrogens (tertiary/aromatic N) is 2. The van der Waals surface area contributed by atoms with Crippen molar-refractivity contribution in [2.75, 3.05) is 11.9 Å². The molecule has 124 valence electrons. The first-order valence-electron chi connectivity index (χ1n) is 7.87. The zero-order valence-corrected chi connectivity index (χ0v) is 14.3. The van der Waals surface area contributed by atoms with Crippen LogP contribution in [-0.4, -0.2) is 28.0 Å². The highest BCUT2D eigenvalue weighted by atomic mass is 16.5. The van der Waals surface area contributed by atoms with Gasteiger partial charge in [0.05, 0.1) is 0 Å². The van der Waals surface area contributed by atoms with Gasteiger partial charge in [-0.1, -0.05) is 35.5 Å². The van der Waals surface area contributed by atoms with Crippen LogP contribution in [0.4, 0.5) is 5.82 Å². The lowest BCUT2D eigenvalue weighted by molar-refractivity contribution is -0.116. The minimum absolute atomic E-state index is 0.0133. The predicted octanol–water partition coefficient (Wildman–Crippen LogP) is 3.61. The second-order valence-corrected chi connectivity index (χ2v) is 6.70. The first-order valence-corrected chi connectivity index (χ1v) is 7.87. The summed E-state index contributed by atoms with van der Waals surface area (Å²) in [5.74, 6) is 1.10. The van der Waals surface area contributed by atoms with Crippen molar-refractivity contribution in [3.05, 3.63) is 47.7 Å². The third-order valence-electron chi connectivity index (χ3n) is 3.67. The molecule has 5 nitrogen and oxygen atoms in total. The van der Waals surface area contributed by atoms with E-state index >= 15 is 0 Å². The van der Waals surface area contributed by atoms with Crippen LogP contribution in [0.15, 0.2) is 40.9 Å². The third-order valence-corrected chi connectivity index (χ3v) is 3.67. The summed E-state index contributed by atoms with van der Waals surface area (Å²) in [6, 6.07) is 12.0. The Morgan fingerprint density at radius 1 is 1.26 bits per heavy atom. The quantitative estimate of drug-likeness (QED) is 0.884. The van der Waals surface area contributed by atoms with E-state index in [0.29, 0.717) is 24.5 Å². The van der Waals surface area contributed by atoms with Gasteiger partial charge in [-0.05, 0) is 33.3 Å². The number of carbonyl (C=O) groups excluding carboxylic acids is 1. The van der Waals surface area contributed by atoms with Crippen LogP contribution in [0.1, 0.15) is 38.5 Å². The molecule has 1 aromatic carbocycles. The number of benzene rings is 1. The molecule has 0 radical (unpaired) electrons. The number of aromatic nitrogens is 1. The molecule has 1 heterocycles. The lowest BCUT2D eigenvalue weighted by atomic mass is 10.0. The number of rotatable bonds is 6. The van der Waals surface area contributed by atoms with Crippen molar-refractivity contribution < 1.29 is 9.32 Å². The number of amides is 1. The second-order valence-electron chi connectivity index (χ2n) is 6.70. The summed E-state index contributed by atoms with van der Waals surface area (Å²) in [6.45, 7) is 9.78. The molecule has 0 saturated carbocycles. The van der Waals surface area contributed by atoms with Gasteiger partial charge in [-0.25, -0.2) is 0 Å². The maximum Gasteiger partial charge on any atom is 0.226 e. The van der Waals surface area contributed by atoms with Crippen LogP contribution in [0.5, 0.6) is 0 Å². The van der Waals surface area contributed by atoms with E-state index in [1.807, 2.05) is 18.2 Å². The molecule has 0 fully saturated rings. The van der Waals surface area contributed by atoms with Crippen LogP contribution in [0.2, 0.25) is 0 Å². The molecule has 1 aromatic heterocycles. The molecule has 0 aliphatic heterocycles. The Morgan fingerprint density at radius 2 is 1.96 bits per heavy atom. The Bertz CT molecular complexity index is 629. The van der Waals surface area contributed by atoms with Gasteiger partial charge in [0.15, 0.2) is 5.82 Å². The first kappa shape index (κ1) is 17.2. The van der Waals surface area contributed by atoms with E-state index in [1.165, 1.54) is 5.56 Å².